The number of rotatable bonds is 5. The van der Waals surface area contributed by atoms with E-state index in [0.29, 0.717) is 34.5 Å². The van der Waals surface area contributed by atoms with Crippen LogP contribution in [-0.2, 0) is 12.4 Å². The van der Waals surface area contributed by atoms with Crippen molar-refractivity contribution in [2.75, 3.05) is 40.2 Å². The van der Waals surface area contributed by atoms with Crippen molar-refractivity contribution in [2.45, 2.75) is 19.3 Å². The molecule has 0 aliphatic rings. The number of aryl methyl sites for hydroxylation is 1. The van der Waals surface area contributed by atoms with E-state index in [9.17, 15) is 26.3 Å². The van der Waals surface area contributed by atoms with E-state index < -0.39 is 23.5 Å². The average molecular weight is 828 g/mol. The number of halogens is 9. The molecule has 4 aromatic carbocycles. The highest BCUT2D eigenvalue weighted by atomic mass is 35.5. The van der Waals surface area contributed by atoms with Crippen molar-refractivity contribution in [3.8, 4) is 0 Å². The molecule has 2 heterocycles. The Balaban J connectivity index is 0.000000235. The van der Waals surface area contributed by atoms with Gasteiger partial charge in [-0.05, 0) is 127 Å². The van der Waals surface area contributed by atoms with Gasteiger partial charge in [0.2, 0.25) is 27.7 Å². The van der Waals surface area contributed by atoms with Crippen LogP contribution in [0.25, 0.3) is 0 Å². The average Bonchev–Trinajstić information content (AvgIpc) is 3.08. The summed E-state index contributed by atoms with van der Waals surface area (Å²) in [6.45, 7) is 1.70. The smallest absolute Gasteiger partial charge is 0.399 e. The van der Waals surface area contributed by atoms with Crippen LogP contribution in [0.5, 0.6) is 0 Å². The molecule has 6 rings (SSSR count). The zero-order valence-electron chi connectivity index (χ0n) is 28.6. The highest BCUT2D eigenvalue weighted by Gasteiger charge is 2.30. The van der Waals surface area contributed by atoms with Gasteiger partial charge in [-0.2, -0.15) is 56.2 Å². The molecule has 0 saturated carbocycles. The van der Waals surface area contributed by atoms with Gasteiger partial charge in [0.1, 0.15) is 5.82 Å². The minimum atomic E-state index is -4.37. The molecule has 0 fully saturated rings. The molecule has 0 amide bonds. The van der Waals surface area contributed by atoms with Crippen LogP contribution >= 0.6 is 34.8 Å². The van der Waals surface area contributed by atoms with Gasteiger partial charge in [0.05, 0.1) is 11.1 Å². The third-order valence-corrected chi connectivity index (χ3v) is 6.83. The van der Waals surface area contributed by atoms with Crippen LogP contribution in [0.3, 0.4) is 0 Å². The lowest BCUT2D eigenvalue weighted by molar-refractivity contribution is -0.138. The van der Waals surface area contributed by atoms with Crippen molar-refractivity contribution in [2.24, 2.45) is 0 Å². The Morgan fingerprint density at radius 2 is 0.909 bits per heavy atom. The summed E-state index contributed by atoms with van der Waals surface area (Å²) in [5.74, 6) is 1.02. The first-order chi connectivity index (χ1) is 25.8. The molecule has 0 spiro atoms. The number of aromatic nitrogens is 6. The van der Waals surface area contributed by atoms with Crippen molar-refractivity contribution >= 4 is 80.8 Å². The second kappa shape index (κ2) is 20.0. The Kier molecular flexibility index (Phi) is 15.8. The summed E-state index contributed by atoms with van der Waals surface area (Å²) >= 11 is 16.0. The van der Waals surface area contributed by atoms with E-state index in [-0.39, 0.29) is 21.8 Å². The van der Waals surface area contributed by atoms with Crippen LogP contribution in [0.15, 0.2) is 97.1 Å². The summed E-state index contributed by atoms with van der Waals surface area (Å²) in [6, 6.07) is 23.7. The fourth-order valence-electron chi connectivity index (χ4n) is 3.88. The Morgan fingerprint density at radius 3 is 1.33 bits per heavy atom. The van der Waals surface area contributed by atoms with E-state index in [0.717, 1.165) is 35.6 Å². The fraction of sp³-hybridized carbons (Fsp3) is 0.118. The maximum Gasteiger partial charge on any atom is 0.416 e. The van der Waals surface area contributed by atoms with Crippen LogP contribution in [0.1, 0.15) is 17.0 Å². The minimum absolute atomic E-state index is 0.000000000000000444. The number of hydrogen-bond acceptors (Lipinski definition) is 12. The molecule has 12 nitrogen and oxygen atoms in total. The van der Waals surface area contributed by atoms with Gasteiger partial charge < -0.3 is 33.2 Å². The number of benzene rings is 4. The van der Waals surface area contributed by atoms with Crippen molar-refractivity contribution in [3.05, 3.63) is 130 Å². The number of nitrogens with zero attached hydrogens (tertiary/aromatic N) is 6. The molecule has 6 aromatic rings. The van der Waals surface area contributed by atoms with E-state index >= 15 is 0 Å². The van der Waals surface area contributed by atoms with Gasteiger partial charge in [0.25, 0.3) is 0 Å². The van der Waals surface area contributed by atoms with Gasteiger partial charge in [0.15, 0.2) is 0 Å². The van der Waals surface area contributed by atoms with Crippen molar-refractivity contribution in [1.29, 1.82) is 0 Å². The highest BCUT2D eigenvalue weighted by Crippen LogP contribution is 2.31. The quantitative estimate of drug-likeness (QED) is 0.0714. The van der Waals surface area contributed by atoms with E-state index in [1.807, 2.05) is 37.4 Å². The van der Waals surface area contributed by atoms with Gasteiger partial charge in [-0.1, -0.05) is 12.1 Å². The molecule has 0 atom stereocenters. The van der Waals surface area contributed by atoms with Crippen molar-refractivity contribution < 1.29 is 26.3 Å². The van der Waals surface area contributed by atoms with Gasteiger partial charge in [-0.3, -0.25) is 0 Å². The number of nitrogens with two attached hydrogens (primary N) is 3. The number of hydrogen-bond donors (Lipinski definition) is 6. The predicted molar refractivity (Wildman–Crippen MR) is 205 cm³/mol. The summed E-state index contributed by atoms with van der Waals surface area (Å²) in [7, 11) is 1.82. The van der Waals surface area contributed by atoms with Crippen molar-refractivity contribution in [3.63, 3.8) is 0 Å². The molecular weight excluding hydrogens is 797 g/mol. The van der Waals surface area contributed by atoms with Crippen LogP contribution in [0.2, 0.25) is 15.9 Å². The predicted octanol–water partition coefficient (Wildman–Crippen LogP) is 9.70. The third kappa shape index (κ3) is 16.0. The molecule has 0 unspecified atom stereocenters. The summed E-state index contributed by atoms with van der Waals surface area (Å²) in [5, 5.41) is 9.01. The maximum absolute atomic E-state index is 12.6. The zero-order chi connectivity index (χ0) is 40.8. The number of alkyl halides is 6. The first kappa shape index (κ1) is 43.6. The molecule has 9 N–H and O–H groups in total. The molecule has 290 valence electrons. The standard InChI is InChI=1S/C18H17F3N6.C7H6F3N.C6H8N2.C3Cl3N3/c1-11-23-16(25-13-8-6-12(7-9-13)18(19,20)21)27-17(24-11)26-15-5-3-4-14(10-15)22-2;8-7(9,10)5-1-3-6(11)4-2-5;7-5-2-1-3-6(8)4-5;4-1-7-2(5)9-3(6)8-1/h3-10,22H,1-2H3,(H2,23,24,25,26,27);1-4H,11H2;1-4H,7-8H2;. The molecule has 55 heavy (non-hydrogen) atoms. The SMILES string of the molecule is CNc1cccc(Nc2nc(C)nc(Nc3ccc(C(F)(F)F)cc3)n2)c1.Clc1nc(Cl)nc(Cl)n1.Nc1ccc(C(F)(F)F)cc1.Nc1cccc(N)c1. The Morgan fingerprint density at radius 1 is 0.491 bits per heavy atom. The number of anilines is 8. The zero-order valence-corrected chi connectivity index (χ0v) is 30.8. The van der Waals surface area contributed by atoms with E-state index in [4.69, 9.17) is 52.0 Å². The summed E-state index contributed by atoms with van der Waals surface area (Å²) in [6.07, 6.45) is -8.64. The summed E-state index contributed by atoms with van der Waals surface area (Å²) < 4.78 is 73.6. The van der Waals surface area contributed by atoms with Crippen LogP contribution in [0.4, 0.5) is 72.4 Å². The van der Waals surface area contributed by atoms with Crippen LogP contribution in [0, 0.1) is 6.92 Å². The Bertz CT molecular complexity index is 2050. The largest absolute Gasteiger partial charge is 0.416 e. The van der Waals surface area contributed by atoms with Gasteiger partial charge in [0, 0.05) is 41.2 Å². The normalized spacial score (nSPS) is 10.7. The molecule has 0 aliphatic carbocycles. The van der Waals surface area contributed by atoms with Crippen LogP contribution in [-0.4, -0.2) is 37.0 Å². The maximum atomic E-state index is 12.6. The lowest BCUT2D eigenvalue weighted by Gasteiger charge is -2.11. The molecule has 0 saturated heterocycles. The van der Waals surface area contributed by atoms with E-state index in [2.05, 4.69) is 45.9 Å². The van der Waals surface area contributed by atoms with Gasteiger partial charge in [-0.15, -0.1) is 0 Å². The van der Waals surface area contributed by atoms with Crippen molar-refractivity contribution in [1.82, 2.24) is 29.9 Å². The lowest BCUT2D eigenvalue weighted by atomic mass is 10.2. The third-order valence-electron chi connectivity index (χ3n) is 6.33. The summed E-state index contributed by atoms with van der Waals surface area (Å²) in [5.41, 5.74) is 18.5. The fourth-order valence-corrected chi connectivity index (χ4v) is 4.49. The monoisotopic (exact) mass is 826 g/mol. The topological polar surface area (TPSA) is 191 Å². The Hall–Kier alpha value is -5.85. The molecule has 0 aliphatic heterocycles. The first-order valence-corrected chi connectivity index (χ1v) is 16.4. The van der Waals surface area contributed by atoms with Gasteiger partial charge in [-0.25, -0.2) is 0 Å². The second-order valence-electron chi connectivity index (χ2n) is 10.6. The first-order valence-electron chi connectivity index (χ1n) is 15.3. The molecule has 2 aromatic heterocycles. The molecule has 0 radical (unpaired) electrons. The molecular formula is C34H31Cl3F6N12. The van der Waals surface area contributed by atoms with E-state index in [1.165, 1.54) is 24.3 Å². The number of nitrogens with one attached hydrogen (secondary N) is 3. The number of nitrogen functional groups attached to an aromatic ring is 3. The molecule has 0 bridgehead atoms. The van der Waals surface area contributed by atoms with E-state index in [1.54, 1.807) is 25.1 Å². The summed E-state index contributed by atoms with van der Waals surface area (Å²) in [4.78, 5) is 23.0. The minimum Gasteiger partial charge on any atom is -0.399 e. The second-order valence-corrected chi connectivity index (χ2v) is 11.6. The Labute approximate surface area is 325 Å². The highest BCUT2D eigenvalue weighted by molar-refractivity contribution is 6.33. The molecule has 21 heteroatoms. The van der Waals surface area contributed by atoms with Crippen LogP contribution < -0.4 is 33.2 Å². The lowest BCUT2D eigenvalue weighted by Crippen LogP contribution is -2.07. The van der Waals surface area contributed by atoms with Gasteiger partial charge >= 0.3 is 12.4 Å².